The Balaban J connectivity index is 2.44. The average molecular weight is 173 g/mol. The monoisotopic (exact) mass is 173 g/mol. The third-order valence-corrected chi connectivity index (χ3v) is 2.24. The van der Waals surface area contributed by atoms with E-state index in [9.17, 15) is 0 Å². The molecule has 2 nitrogen and oxygen atoms in total. The van der Waals surface area contributed by atoms with Crippen molar-refractivity contribution in [2.75, 3.05) is 7.11 Å². The van der Waals surface area contributed by atoms with E-state index in [1.807, 2.05) is 42.6 Å². The predicted octanol–water partition coefficient (Wildman–Crippen LogP) is 2.13. The highest BCUT2D eigenvalue weighted by atomic mass is 16.5. The second-order valence-corrected chi connectivity index (χ2v) is 2.96. The summed E-state index contributed by atoms with van der Waals surface area (Å²) >= 11 is 0. The van der Waals surface area contributed by atoms with Gasteiger partial charge in [-0.25, -0.2) is 0 Å². The molecule has 1 unspecified atom stereocenters. The van der Waals surface area contributed by atoms with E-state index in [2.05, 4.69) is 4.99 Å². The van der Waals surface area contributed by atoms with Gasteiger partial charge in [0.2, 0.25) is 0 Å². The fourth-order valence-corrected chi connectivity index (χ4v) is 1.46. The topological polar surface area (TPSA) is 21.6 Å². The second kappa shape index (κ2) is 3.15. The molecule has 0 bridgehead atoms. The van der Waals surface area contributed by atoms with Crippen LogP contribution in [0.4, 0.5) is 0 Å². The van der Waals surface area contributed by atoms with Crippen LogP contribution in [0, 0.1) is 0 Å². The lowest BCUT2D eigenvalue weighted by Crippen LogP contribution is -2.25. The van der Waals surface area contributed by atoms with E-state index in [0.29, 0.717) is 0 Å². The van der Waals surface area contributed by atoms with Gasteiger partial charge in [0.05, 0.1) is 0 Å². The van der Waals surface area contributed by atoms with Crippen molar-refractivity contribution in [2.45, 2.75) is 5.60 Å². The molecule has 1 aliphatic rings. The molecule has 0 saturated heterocycles. The van der Waals surface area contributed by atoms with Gasteiger partial charge >= 0.3 is 0 Å². The van der Waals surface area contributed by atoms with Crippen molar-refractivity contribution in [3.05, 3.63) is 48.2 Å². The Hall–Kier alpha value is -1.41. The Bertz CT molecular complexity index is 328. The molecular weight excluding hydrogens is 162 g/mol. The summed E-state index contributed by atoms with van der Waals surface area (Å²) in [5.41, 5.74) is 0.663. The standard InChI is InChI=1S/C11H11NO/c1-13-11(7-8-12-9-11)10-5-3-2-4-6-10/h2-9H,1H3. The zero-order valence-corrected chi connectivity index (χ0v) is 7.47. The van der Waals surface area contributed by atoms with Gasteiger partial charge in [0.25, 0.3) is 0 Å². The van der Waals surface area contributed by atoms with Gasteiger partial charge in [-0.15, -0.1) is 0 Å². The molecule has 0 aliphatic carbocycles. The number of benzene rings is 1. The molecular formula is C11H11NO. The van der Waals surface area contributed by atoms with E-state index in [0.717, 1.165) is 5.56 Å². The van der Waals surface area contributed by atoms with E-state index in [1.165, 1.54) is 0 Å². The Kier molecular flexibility index (Phi) is 1.99. The Labute approximate surface area is 77.6 Å². The zero-order chi connectivity index (χ0) is 9.15. The summed E-state index contributed by atoms with van der Waals surface area (Å²) in [6.45, 7) is 0. The first-order valence-electron chi connectivity index (χ1n) is 4.20. The highest BCUT2D eigenvalue weighted by Gasteiger charge is 2.28. The van der Waals surface area contributed by atoms with Gasteiger partial charge in [-0.2, -0.15) is 0 Å². The third-order valence-electron chi connectivity index (χ3n) is 2.24. The molecule has 0 aromatic heterocycles. The van der Waals surface area contributed by atoms with Crippen LogP contribution in [0.1, 0.15) is 5.56 Å². The summed E-state index contributed by atoms with van der Waals surface area (Å²) in [7, 11) is 1.69. The summed E-state index contributed by atoms with van der Waals surface area (Å²) in [6.07, 6.45) is 5.52. The third kappa shape index (κ3) is 1.29. The van der Waals surface area contributed by atoms with Crippen LogP contribution >= 0.6 is 0 Å². The minimum Gasteiger partial charge on any atom is -0.364 e. The lowest BCUT2D eigenvalue weighted by Gasteiger charge is -2.22. The van der Waals surface area contributed by atoms with Crippen molar-refractivity contribution in [3.8, 4) is 0 Å². The van der Waals surface area contributed by atoms with Gasteiger partial charge in [0.15, 0.2) is 0 Å². The first kappa shape index (κ1) is 8.20. The van der Waals surface area contributed by atoms with E-state index in [4.69, 9.17) is 4.74 Å². The maximum absolute atomic E-state index is 5.45. The normalized spacial score (nSPS) is 25.3. The van der Waals surface area contributed by atoms with Crippen molar-refractivity contribution >= 4 is 6.21 Å². The van der Waals surface area contributed by atoms with Crippen molar-refractivity contribution in [2.24, 2.45) is 4.99 Å². The highest BCUT2D eigenvalue weighted by molar-refractivity contribution is 5.77. The number of methoxy groups -OCH3 is 1. The Morgan fingerprint density at radius 1 is 1.23 bits per heavy atom. The van der Waals surface area contributed by atoms with Gasteiger partial charge < -0.3 is 4.74 Å². The van der Waals surface area contributed by atoms with Crippen LogP contribution in [0.2, 0.25) is 0 Å². The van der Waals surface area contributed by atoms with Crippen molar-refractivity contribution in [1.82, 2.24) is 0 Å². The average Bonchev–Trinajstić information content (AvgIpc) is 2.69. The molecule has 0 spiro atoms. The minimum atomic E-state index is -0.443. The number of rotatable bonds is 2. The number of nitrogens with zero attached hydrogens (tertiary/aromatic N) is 1. The summed E-state index contributed by atoms with van der Waals surface area (Å²) in [5, 5.41) is 0. The molecule has 1 heterocycles. The number of ether oxygens (including phenoxy) is 1. The van der Waals surface area contributed by atoms with Crippen molar-refractivity contribution < 1.29 is 4.74 Å². The van der Waals surface area contributed by atoms with Gasteiger partial charge in [-0.1, -0.05) is 30.3 Å². The molecule has 0 N–H and O–H groups in total. The van der Waals surface area contributed by atoms with Crippen LogP contribution in [-0.4, -0.2) is 13.3 Å². The fraction of sp³-hybridized carbons (Fsp3) is 0.182. The van der Waals surface area contributed by atoms with Crippen LogP contribution < -0.4 is 0 Å². The molecule has 13 heavy (non-hydrogen) atoms. The first-order chi connectivity index (χ1) is 6.37. The summed E-state index contributed by atoms with van der Waals surface area (Å²) < 4.78 is 5.45. The first-order valence-corrected chi connectivity index (χ1v) is 4.20. The molecule has 0 fully saturated rings. The van der Waals surface area contributed by atoms with Crippen LogP contribution in [0.25, 0.3) is 0 Å². The molecule has 1 aromatic carbocycles. The highest BCUT2D eigenvalue weighted by Crippen LogP contribution is 2.27. The smallest absolute Gasteiger partial charge is 0.148 e. The van der Waals surface area contributed by atoms with Crippen LogP contribution in [-0.2, 0) is 10.3 Å². The SMILES string of the molecule is COC1(c2ccccc2)C=CN=C1. The molecule has 0 amide bonds. The van der Waals surface area contributed by atoms with E-state index in [-0.39, 0.29) is 0 Å². The van der Waals surface area contributed by atoms with E-state index in [1.54, 1.807) is 13.3 Å². The van der Waals surface area contributed by atoms with Crippen molar-refractivity contribution in [1.29, 1.82) is 0 Å². The summed E-state index contributed by atoms with van der Waals surface area (Å²) in [4.78, 5) is 4.05. The van der Waals surface area contributed by atoms with E-state index < -0.39 is 5.60 Å². The number of hydrogen-bond acceptors (Lipinski definition) is 2. The molecule has 1 aliphatic heterocycles. The van der Waals surface area contributed by atoms with Gasteiger partial charge in [-0.05, 0) is 11.6 Å². The summed E-state index contributed by atoms with van der Waals surface area (Å²) in [5.74, 6) is 0. The fourth-order valence-electron chi connectivity index (χ4n) is 1.46. The molecule has 2 heteroatoms. The largest absolute Gasteiger partial charge is 0.364 e. The maximum atomic E-state index is 5.45. The summed E-state index contributed by atoms with van der Waals surface area (Å²) in [6, 6.07) is 10.0. The predicted molar refractivity (Wildman–Crippen MR) is 52.8 cm³/mol. The molecule has 1 atom stereocenters. The number of aliphatic imine (C=N–C) groups is 1. The number of hydrogen-bond donors (Lipinski definition) is 0. The molecule has 0 radical (unpaired) electrons. The van der Waals surface area contributed by atoms with Crippen LogP contribution in [0.15, 0.2) is 47.6 Å². The minimum absolute atomic E-state index is 0.443. The van der Waals surface area contributed by atoms with Gasteiger partial charge in [-0.3, -0.25) is 4.99 Å². The Morgan fingerprint density at radius 3 is 2.54 bits per heavy atom. The van der Waals surface area contributed by atoms with Crippen LogP contribution in [0.5, 0.6) is 0 Å². The van der Waals surface area contributed by atoms with Gasteiger partial charge in [0.1, 0.15) is 5.60 Å². The molecule has 66 valence electrons. The zero-order valence-electron chi connectivity index (χ0n) is 7.47. The lowest BCUT2D eigenvalue weighted by atomic mass is 9.96. The molecule has 2 rings (SSSR count). The molecule has 0 saturated carbocycles. The lowest BCUT2D eigenvalue weighted by molar-refractivity contribution is 0.0964. The van der Waals surface area contributed by atoms with Gasteiger partial charge in [0, 0.05) is 19.5 Å². The molecule has 1 aromatic rings. The van der Waals surface area contributed by atoms with Crippen molar-refractivity contribution in [3.63, 3.8) is 0 Å². The Morgan fingerprint density at radius 2 is 2.00 bits per heavy atom. The quantitative estimate of drug-likeness (QED) is 0.671. The van der Waals surface area contributed by atoms with E-state index >= 15 is 0 Å². The maximum Gasteiger partial charge on any atom is 0.148 e. The van der Waals surface area contributed by atoms with Crippen LogP contribution in [0.3, 0.4) is 0 Å². The second-order valence-electron chi connectivity index (χ2n) is 2.96.